The molecule has 2 aliphatic rings. The maximum atomic E-state index is 12.9. The zero-order valence-corrected chi connectivity index (χ0v) is 12.8. The van der Waals surface area contributed by atoms with E-state index in [0.717, 1.165) is 37.9 Å². The number of rotatable bonds is 3. The summed E-state index contributed by atoms with van der Waals surface area (Å²) in [5.74, 6) is 0.273. The lowest BCUT2D eigenvalue weighted by Gasteiger charge is -2.38. The van der Waals surface area contributed by atoms with Crippen molar-refractivity contribution in [1.29, 1.82) is 0 Å². The molecule has 0 saturated heterocycles. The lowest BCUT2D eigenvalue weighted by atomic mass is 9.71. The lowest BCUT2D eigenvalue weighted by molar-refractivity contribution is -0.121. The molecule has 1 aromatic rings. The smallest absolute Gasteiger partial charge is 0.227 e. The Balaban J connectivity index is 1.77. The van der Waals surface area contributed by atoms with E-state index in [1.54, 1.807) is 0 Å². The first-order valence-electron chi connectivity index (χ1n) is 8.32. The fourth-order valence-electron chi connectivity index (χ4n) is 3.96. The zero-order chi connectivity index (χ0) is 14.7. The highest BCUT2D eigenvalue weighted by molar-refractivity contribution is 5.95. The Morgan fingerprint density at radius 1 is 1.14 bits per heavy atom. The first-order chi connectivity index (χ1) is 10.2. The number of carbonyl (C=O) groups is 1. The molecule has 1 fully saturated rings. The van der Waals surface area contributed by atoms with Crippen LogP contribution in [0.15, 0.2) is 24.3 Å². The molecule has 3 heteroatoms. The van der Waals surface area contributed by atoms with Gasteiger partial charge in [0.15, 0.2) is 0 Å². The largest absolute Gasteiger partial charge is 0.330 e. The summed E-state index contributed by atoms with van der Waals surface area (Å²) in [7, 11) is 0. The van der Waals surface area contributed by atoms with Crippen LogP contribution in [0.1, 0.15) is 50.5 Å². The van der Waals surface area contributed by atoms with Gasteiger partial charge in [-0.1, -0.05) is 37.5 Å². The van der Waals surface area contributed by atoms with E-state index in [9.17, 15) is 4.79 Å². The van der Waals surface area contributed by atoms with Crippen LogP contribution >= 0.6 is 0 Å². The van der Waals surface area contributed by atoms with Crippen molar-refractivity contribution < 1.29 is 4.79 Å². The molecule has 3 rings (SSSR count). The van der Waals surface area contributed by atoms with Crippen LogP contribution in [0.4, 0.5) is 5.69 Å². The van der Waals surface area contributed by atoms with Crippen molar-refractivity contribution in [3.63, 3.8) is 0 Å². The normalized spacial score (nSPS) is 20.9. The van der Waals surface area contributed by atoms with Gasteiger partial charge in [-0.3, -0.25) is 4.79 Å². The molecule has 0 atom stereocenters. The summed E-state index contributed by atoms with van der Waals surface area (Å²) in [5, 5.41) is 0. The highest BCUT2D eigenvalue weighted by atomic mass is 16.2. The number of carbonyl (C=O) groups excluding carboxylic acids is 1. The van der Waals surface area contributed by atoms with E-state index < -0.39 is 0 Å². The third kappa shape index (κ3) is 2.98. The second-order valence-corrected chi connectivity index (χ2v) is 6.72. The second-order valence-electron chi connectivity index (χ2n) is 6.72. The van der Waals surface area contributed by atoms with Crippen LogP contribution in [-0.4, -0.2) is 19.0 Å². The fourth-order valence-corrected chi connectivity index (χ4v) is 3.96. The van der Waals surface area contributed by atoms with Crippen molar-refractivity contribution >= 4 is 11.6 Å². The number of para-hydroxylation sites is 1. The van der Waals surface area contributed by atoms with Gasteiger partial charge in [0, 0.05) is 18.7 Å². The number of nitrogens with zero attached hydrogens (tertiary/aromatic N) is 1. The Bertz CT molecular complexity index is 506. The predicted molar refractivity (Wildman–Crippen MR) is 86.3 cm³/mol. The number of nitrogens with two attached hydrogens (primary N) is 1. The number of hydrogen-bond acceptors (Lipinski definition) is 2. The number of fused-ring (bicyclic) bond motifs is 1. The number of aryl methyl sites for hydroxylation is 1. The fraction of sp³-hybridized carbons (Fsp3) is 0.611. The Kier molecular flexibility index (Phi) is 4.29. The Morgan fingerprint density at radius 3 is 2.67 bits per heavy atom. The van der Waals surface area contributed by atoms with Crippen LogP contribution in [0, 0.1) is 5.41 Å². The minimum absolute atomic E-state index is 0.0573. The average Bonchev–Trinajstić information content (AvgIpc) is 2.55. The van der Waals surface area contributed by atoms with E-state index in [4.69, 9.17) is 5.73 Å². The first kappa shape index (κ1) is 14.6. The minimum Gasteiger partial charge on any atom is -0.330 e. The summed E-state index contributed by atoms with van der Waals surface area (Å²) in [4.78, 5) is 14.9. The van der Waals surface area contributed by atoms with Crippen LogP contribution in [-0.2, 0) is 11.2 Å². The van der Waals surface area contributed by atoms with Crippen molar-refractivity contribution in [3.8, 4) is 0 Å². The molecule has 0 aromatic heterocycles. The lowest BCUT2D eigenvalue weighted by Crippen LogP contribution is -2.42. The molecule has 1 aliphatic heterocycles. The Labute approximate surface area is 127 Å². The minimum atomic E-state index is 0.0573. The van der Waals surface area contributed by atoms with Gasteiger partial charge in [0.25, 0.3) is 0 Å². The Morgan fingerprint density at radius 2 is 1.90 bits per heavy atom. The van der Waals surface area contributed by atoms with Crippen LogP contribution in [0.3, 0.4) is 0 Å². The maximum Gasteiger partial charge on any atom is 0.227 e. The first-order valence-corrected chi connectivity index (χ1v) is 8.32. The highest BCUT2D eigenvalue weighted by Gasteiger charge is 2.35. The van der Waals surface area contributed by atoms with Crippen molar-refractivity contribution in [3.05, 3.63) is 29.8 Å². The standard InChI is InChI=1S/C18H26N2O/c19-14-18(10-4-1-5-11-18)13-17(21)20-12-6-8-15-7-2-3-9-16(15)20/h2-3,7,9H,1,4-6,8,10-14,19H2. The number of benzene rings is 1. The van der Waals surface area contributed by atoms with E-state index in [1.165, 1.54) is 24.8 Å². The van der Waals surface area contributed by atoms with Crippen molar-refractivity contribution in [2.24, 2.45) is 11.1 Å². The summed E-state index contributed by atoms with van der Waals surface area (Å²) < 4.78 is 0. The Hall–Kier alpha value is -1.35. The van der Waals surface area contributed by atoms with Gasteiger partial charge in [0.1, 0.15) is 0 Å². The summed E-state index contributed by atoms with van der Waals surface area (Å²) in [6.45, 7) is 1.50. The molecule has 1 amide bonds. The van der Waals surface area contributed by atoms with Crippen LogP contribution < -0.4 is 10.6 Å². The second kappa shape index (κ2) is 6.18. The van der Waals surface area contributed by atoms with Crippen LogP contribution in [0.25, 0.3) is 0 Å². The summed E-state index contributed by atoms with van der Waals surface area (Å²) in [6, 6.07) is 8.33. The van der Waals surface area contributed by atoms with E-state index in [2.05, 4.69) is 18.2 Å². The van der Waals surface area contributed by atoms with Crippen LogP contribution in [0.5, 0.6) is 0 Å². The molecule has 2 N–H and O–H groups in total. The highest BCUT2D eigenvalue weighted by Crippen LogP contribution is 2.39. The van der Waals surface area contributed by atoms with E-state index in [-0.39, 0.29) is 11.3 Å². The number of anilines is 1. The molecular formula is C18H26N2O. The molecule has 1 aromatic carbocycles. The molecule has 0 bridgehead atoms. The van der Waals surface area contributed by atoms with E-state index >= 15 is 0 Å². The van der Waals surface area contributed by atoms with Crippen molar-refractivity contribution in [2.75, 3.05) is 18.0 Å². The zero-order valence-electron chi connectivity index (χ0n) is 12.8. The summed E-state index contributed by atoms with van der Waals surface area (Å²) >= 11 is 0. The topological polar surface area (TPSA) is 46.3 Å². The van der Waals surface area contributed by atoms with Crippen molar-refractivity contribution in [1.82, 2.24) is 0 Å². The van der Waals surface area contributed by atoms with Gasteiger partial charge >= 0.3 is 0 Å². The van der Waals surface area contributed by atoms with Crippen molar-refractivity contribution in [2.45, 2.75) is 51.4 Å². The van der Waals surface area contributed by atoms with Gasteiger partial charge in [-0.2, -0.15) is 0 Å². The third-order valence-electron chi connectivity index (χ3n) is 5.28. The van der Waals surface area contributed by atoms with Gasteiger partial charge in [-0.05, 0) is 49.3 Å². The van der Waals surface area contributed by atoms with Gasteiger partial charge in [-0.15, -0.1) is 0 Å². The molecule has 1 aliphatic carbocycles. The molecule has 21 heavy (non-hydrogen) atoms. The molecule has 1 saturated carbocycles. The van der Waals surface area contributed by atoms with Crippen LogP contribution in [0.2, 0.25) is 0 Å². The van der Waals surface area contributed by atoms with Gasteiger partial charge in [0.2, 0.25) is 5.91 Å². The van der Waals surface area contributed by atoms with Gasteiger partial charge < -0.3 is 10.6 Å². The number of amides is 1. The van der Waals surface area contributed by atoms with Gasteiger partial charge in [0.05, 0.1) is 0 Å². The summed E-state index contributed by atoms with van der Waals surface area (Å²) in [6.07, 6.45) is 8.75. The monoisotopic (exact) mass is 286 g/mol. The van der Waals surface area contributed by atoms with Gasteiger partial charge in [-0.25, -0.2) is 0 Å². The maximum absolute atomic E-state index is 12.9. The third-order valence-corrected chi connectivity index (χ3v) is 5.28. The molecule has 0 radical (unpaired) electrons. The average molecular weight is 286 g/mol. The molecular weight excluding hydrogens is 260 g/mol. The molecule has 1 heterocycles. The SMILES string of the molecule is NCC1(CC(=O)N2CCCc3ccccc32)CCCCC1. The molecule has 114 valence electrons. The predicted octanol–water partition coefficient (Wildman–Crippen LogP) is 3.27. The molecule has 3 nitrogen and oxygen atoms in total. The molecule has 0 spiro atoms. The van der Waals surface area contributed by atoms with E-state index in [0.29, 0.717) is 13.0 Å². The molecule has 0 unspecified atom stereocenters. The number of hydrogen-bond donors (Lipinski definition) is 1. The summed E-state index contributed by atoms with van der Waals surface area (Å²) in [5.41, 5.74) is 8.53. The van der Waals surface area contributed by atoms with E-state index in [1.807, 2.05) is 11.0 Å². The quantitative estimate of drug-likeness (QED) is 0.927.